The number of amides is 2. The number of ether oxygens (including phenoxy) is 2. The number of nitrogens with zero attached hydrogens (tertiary/aromatic N) is 3. The highest BCUT2D eigenvalue weighted by atomic mass is 35.5. The number of aromatic nitrogens is 2. The number of likely N-dealkylation sites (tertiary alicyclic amines) is 1. The van der Waals surface area contributed by atoms with Gasteiger partial charge in [-0.1, -0.05) is 11.6 Å². The van der Waals surface area contributed by atoms with Crippen LogP contribution < -0.4 is 15.4 Å². The van der Waals surface area contributed by atoms with E-state index in [1.165, 1.54) is 30.5 Å². The van der Waals surface area contributed by atoms with Crippen LogP contribution in [0.2, 0.25) is 5.02 Å². The van der Waals surface area contributed by atoms with E-state index in [0.29, 0.717) is 10.9 Å². The molecule has 1 aliphatic heterocycles. The molecule has 1 aliphatic rings. The Morgan fingerprint density at radius 2 is 1.86 bits per heavy atom. The number of alkyl halides is 2. The molecule has 2 N–H and O–H groups in total. The van der Waals surface area contributed by atoms with Crippen molar-refractivity contribution in [1.29, 1.82) is 0 Å². The van der Waals surface area contributed by atoms with Crippen molar-refractivity contribution in [1.82, 2.24) is 14.9 Å². The molecule has 1 aromatic heterocycles. The van der Waals surface area contributed by atoms with Crippen molar-refractivity contribution in [3.05, 3.63) is 47.2 Å². The number of halogens is 5. The number of benzene rings is 2. The van der Waals surface area contributed by atoms with Gasteiger partial charge in [-0.05, 0) is 31.0 Å². The van der Waals surface area contributed by atoms with Gasteiger partial charge in [0.15, 0.2) is 5.82 Å². The smallest absolute Gasteiger partial charge is 0.358 e. The second-order valence-corrected chi connectivity index (χ2v) is 8.48. The molecule has 0 radical (unpaired) electrons. The third kappa shape index (κ3) is 5.09. The van der Waals surface area contributed by atoms with Crippen LogP contribution >= 0.6 is 11.6 Å². The molecule has 0 aliphatic carbocycles. The maximum absolute atomic E-state index is 14.4. The van der Waals surface area contributed by atoms with E-state index in [-0.39, 0.29) is 48.9 Å². The molecule has 36 heavy (non-hydrogen) atoms. The number of fused-ring (bicyclic) bond motifs is 1. The zero-order chi connectivity index (χ0) is 26.0. The Hall–Kier alpha value is -3.38. The summed E-state index contributed by atoms with van der Waals surface area (Å²) < 4.78 is 65.2. The minimum Gasteiger partial charge on any atom is -0.494 e. The van der Waals surface area contributed by atoms with Crippen molar-refractivity contribution in [3.8, 4) is 5.75 Å². The van der Waals surface area contributed by atoms with Crippen molar-refractivity contribution in [2.75, 3.05) is 37.9 Å². The van der Waals surface area contributed by atoms with Gasteiger partial charge in [-0.25, -0.2) is 23.5 Å². The monoisotopic (exact) mass is 527 g/mol. The van der Waals surface area contributed by atoms with Crippen LogP contribution in [-0.4, -0.2) is 54.3 Å². The third-order valence-electron chi connectivity index (χ3n) is 6.02. The SMILES string of the molecule is COc1cc2ncnc(Nc3ccc(F)c(Cl)c3F)c2cc1NC(=O)N1CCC(C(F)(F)OC)CC1. The first kappa shape index (κ1) is 25.7. The third-order valence-corrected chi connectivity index (χ3v) is 6.36. The number of methoxy groups -OCH3 is 2. The summed E-state index contributed by atoms with van der Waals surface area (Å²) in [5.74, 6) is -2.42. The quantitative estimate of drug-likeness (QED) is 0.311. The van der Waals surface area contributed by atoms with E-state index < -0.39 is 34.7 Å². The summed E-state index contributed by atoms with van der Waals surface area (Å²) >= 11 is 5.67. The lowest BCUT2D eigenvalue weighted by Gasteiger charge is -2.34. The summed E-state index contributed by atoms with van der Waals surface area (Å²) in [5.41, 5.74) is 0.562. The van der Waals surface area contributed by atoms with Gasteiger partial charge in [-0.2, -0.15) is 8.78 Å². The predicted molar refractivity (Wildman–Crippen MR) is 126 cm³/mol. The minimum atomic E-state index is -3.25. The van der Waals surface area contributed by atoms with Crippen LogP contribution in [0.3, 0.4) is 0 Å². The molecule has 2 aromatic carbocycles. The van der Waals surface area contributed by atoms with Crippen LogP contribution in [-0.2, 0) is 4.74 Å². The van der Waals surface area contributed by atoms with Gasteiger partial charge in [-0.15, -0.1) is 0 Å². The van der Waals surface area contributed by atoms with Crippen LogP contribution in [0, 0.1) is 17.6 Å². The fourth-order valence-corrected chi connectivity index (χ4v) is 4.14. The molecule has 0 atom stereocenters. The summed E-state index contributed by atoms with van der Waals surface area (Å²) in [7, 11) is 2.36. The molecule has 4 rings (SSSR count). The fraction of sp³-hybridized carbons (Fsp3) is 0.348. The standard InChI is InChI=1S/C23H22ClF4N5O3/c1-35-18-10-16-13(21(30-11-29-16)31-15-4-3-14(25)19(24)20(15)26)9-17(18)32-22(34)33-7-5-12(6-8-33)23(27,28)36-2/h3-4,9-12H,5-8H2,1-2H3,(H,32,34)(H,29,30,31). The topological polar surface area (TPSA) is 88.6 Å². The molecule has 192 valence electrons. The van der Waals surface area contributed by atoms with Gasteiger partial charge in [0.2, 0.25) is 0 Å². The summed E-state index contributed by atoms with van der Waals surface area (Å²) in [6.07, 6.45) is -1.85. The number of hydrogen-bond donors (Lipinski definition) is 2. The van der Waals surface area contributed by atoms with E-state index >= 15 is 0 Å². The molecule has 8 nitrogen and oxygen atoms in total. The molecule has 2 heterocycles. The number of rotatable bonds is 6. The Morgan fingerprint density at radius 3 is 2.53 bits per heavy atom. The molecule has 1 fully saturated rings. The van der Waals surface area contributed by atoms with Crippen LogP contribution in [0.15, 0.2) is 30.6 Å². The first-order chi connectivity index (χ1) is 17.1. The Kier molecular flexibility index (Phi) is 7.36. The van der Waals surface area contributed by atoms with E-state index in [1.54, 1.807) is 6.07 Å². The van der Waals surface area contributed by atoms with Crippen LogP contribution in [0.25, 0.3) is 10.9 Å². The molecule has 0 spiro atoms. The highest BCUT2D eigenvalue weighted by molar-refractivity contribution is 6.31. The largest absolute Gasteiger partial charge is 0.494 e. The van der Waals surface area contributed by atoms with Gasteiger partial charge in [0.05, 0.1) is 29.9 Å². The molecular formula is C23H22ClF4N5O3. The summed E-state index contributed by atoms with van der Waals surface area (Å²) in [6.45, 7) is 0.234. The van der Waals surface area contributed by atoms with Crippen molar-refractivity contribution < 1.29 is 31.8 Å². The maximum atomic E-state index is 14.4. The van der Waals surface area contributed by atoms with E-state index in [1.807, 2.05) is 0 Å². The molecule has 0 unspecified atom stereocenters. The summed E-state index contributed by atoms with van der Waals surface area (Å²) in [6, 6.07) is 4.76. The second kappa shape index (κ2) is 10.3. The summed E-state index contributed by atoms with van der Waals surface area (Å²) in [4.78, 5) is 22.6. The van der Waals surface area contributed by atoms with E-state index in [0.717, 1.165) is 13.2 Å². The van der Waals surface area contributed by atoms with Crippen LogP contribution in [0.5, 0.6) is 5.75 Å². The highest BCUT2D eigenvalue weighted by Gasteiger charge is 2.42. The molecule has 0 bridgehead atoms. The van der Waals surface area contributed by atoms with E-state index in [4.69, 9.17) is 16.3 Å². The number of urea groups is 1. The van der Waals surface area contributed by atoms with Crippen molar-refractivity contribution in [2.24, 2.45) is 5.92 Å². The fourth-order valence-electron chi connectivity index (χ4n) is 3.98. The Morgan fingerprint density at radius 1 is 1.14 bits per heavy atom. The van der Waals surface area contributed by atoms with E-state index in [9.17, 15) is 22.4 Å². The van der Waals surface area contributed by atoms with Crippen molar-refractivity contribution >= 4 is 45.7 Å². The molecule has 2 amide bonds. The zero-order valence-corrected chi connectivity index (χ0v) is 20.0. The maximum Gasteiger partial charge on any atom is 0.358 e. The highest BCUT2D eigenvalue weighted by Crippen LogP contribution is 2.36. The number of carbonyl (C=O) groups is 1. The zero-order valence-electron chi connectivity index (χ0n) is 19.2. The number of piperidine rings is 1. The molecular weight excluding hydrogens is 506 g/mol. The Bertz CT molecular complexity index is 1290. The lowest BCUT2D eigenvalue weighted by atomic mass is 9.96. The van der Waals surface area contributed by atoms with Gasteiger partial charge in [-0.3, -0.25) is 0 Å². The minimum absolute atomic E-state index is 0.0802. The van der Waals surface area contributed by atoms with Gasteiger partial charge >= 0.3 is 12.1 Å². The van der Waals surface area contributed by atoms with Crippen LogP contribution in [0.1, 0.15) is 12.8 Å². The molecule has 0 saturated carbocycles. The lowest BCUT2D eigenvalue weighted by Crippen LogP contribution is -2.45. The Balaban J connectivity index is 1.58. The van der Waals surface area contributed by atoms with E-state index in [2.05, 4.69) is 25.3 Å². The van der Waals surface area contributed by atoms with Gasteiger partial charge in [0.1, 0.15) is 28.7 Å². The van der Waals surface area contributed by atoms with Gasteiger partial charge in [0, 0.05) is 31.7 Å². The average Bonchev–Trinajstić information content (AvgIpc) is 2.88. The van der Waals surface area contributed by atoms with Crippen LogP contribution in [0.4, 0.5) is 39.5 Å². The lowest BCUT2D eigenvalue weighted by molar-refractivity contribution is -0.262. The number of carbonyl (C=O) groups excluding carboxylic acids is 1. The number of hydrogen-bond acceptors (Lipinski definition) is 6. The normalized spacial score (nSPS) is 14.7. The van der Waals surface area contributed by atoms with Gasteiger partial charge < -0.3 is 25.0 Å². The Labute approximate surface area is 208 Å². The van der Waals surface area contributed by atoms with Crippen molar-refractivity contribution in [3.63, 3.8) is 0 Å². The predicted octanol–water partition coefficient (Wildman–Crippen LogP) is 5.80. The first-order valence-corrected chi connectivity index (χ1v) is 11.2. The summed E-state index contributed by atoms with van der Waals surface area (Å²) in [5, 5.41) is 5.22. The average molecular weight is 528 g/mol. The number of anilines is 3. The molecule has 3 aromatic rings. The molecule has 13 heteroatoms. The second-order valence-electron chi connectivity index (χ2n) is 8.10. The molecule has 1 saturated heterocycles. The van der Waals surface area contributed by atoms with Gasteiger partial charge in [0.25, 0.3) is 0 Å². The first-order valence-electron chi connectivity index (χ1n) is 10.9. The van der Waals surface area contributed by atoms with Crippen molar-refractivity contribution in [2.45, 2.75) is 19.0 Å². The number of nitrogens with one attached hydrogen (secondary N) is 2.